The van der Waals surface area contributed by atoms with E-state index in [9.17, 15) is 19.5 Å². The third-order valence-corrected chi connectivity index (χ3v) is 7.10. The van der Waals surface area contributed by atoms with Gasteiger partial charge in [0.2, 0.25) is 0 Å². The average molecular weight is 368 g/mol. The lowest BCUT2D eigenvalue weighted by molar-refractivity contribution is -0.125. The Labute approximate surface area is 160 Å². The molecule has 1 N–H and O–H groups in total. The summed E-state index contributed by atoms with van der Waals surface area (Å²) in [6.07, 6.45) is 9.95. The first-order valence-electron chi connectivity index (χ1n) is 10.5. The Morgan fingerprint density at radius 2 is 1.78 bits per heavy atom. The molecule has 3 aliphatic carbocycles. The molecule has 0 spiro atoms. The minimum Gasteiger partial charge on any atom is -0.507 e. The fourth-order valence-corrected chi connectivity index (χ4v) is 5.60. The van der Waals surface area contributed by atoms with Gasteiger partial charge in [0.25, 0.3) is 0 Å². The Bertz CT molecular complexity index is 766. The number of carbonyl (C=O) groups excluding carboxylic acids is 3. The minimum absolute atomic E-state index is 0.117. The van der Waals surface area contributed by atoms with Crippen molar-refractivity contribution in [2.24, 2.45) is 23.7 Å². The lowest BCUT2D eigenvalue weighted by atomic mass is 9.66. The zero-order valence-electron chi connectivity index (χ0n) is 15.8. The van der Waals surface area contributed by atoms with Crippen molar-refractivity contribution in [3.8, 4) is 5.75 Å². The Morgan fingerprint density at radius 3 is 2.56 bits per heavy atom. The van der Waals surface area contributed by atoms with Crippen LogP contribution in [0.5, 0.6) is 5.75 Å². The van der Waals surface area contributed by atoms with Gasteiger partial charge in [0.05, 0.1) is 11.5 Å². The van der Waals surface area contributed by atoms with Crippen molar-refractivity contribution in [3.05, 3.63) is 29.3 Å². The van der Waals surface area contributed by atoms with E-state index in [1.165, 1.54) is 38.2 Å². The van der Waals surface area contributed by atoms with Crippen molar-refractivity contribution in [2.75, 3.05) is 0 Å². The zero-order chi connectivity index (χ0) is 19.0. The molecule has 4 rings (SSSR count). The second-order valence-corrected chi connectivity index (χ2v) is 8.65. The summed E-state index contributed by atoms with van der Waals surface area (Å²) in [5.74, 6) is 0.727. The molecule has 0 saturated heterocycles. The number of fused-ring (bicyclic) bond motifs is 2. The van der Waals surface area contributed by atoms with Gasteiger partial charge in [-0.3, -0.25) is 14.4 Å². The van der Waals surface area contributed by atoms with Gasteiger partial charge in [0.1, 0.15) is 11.5 Å². The highest BCUT2D eigenvalue weighted by molar-refractivity contribution is 6.27. The van der Waals surface area contributed by atoms with E-state index in [4.69, 9.17) is 0 Å². The molecule has 0 bridgehead atoms. The fourth-order valence-electron chi connectivity index (χ4n) is 5.60. The van der Waals surface area contributed by atoms with Crippen LogP contribution >= 0.6 is 0 Å². The number of Topliss-reactive ketones (excluding diaryl/α,β-unsaturated/α-hetero) is 3. The SMILES string of the molecule is O=C(CCCC1C(=O)c2cccc(O)c2C1=O)C1CCC2CCCCC2C1. The summed E-state index contributed by atoms with van der Waals surface area (Å²) >= 11 is 0. The van der Waals surface area contributed by atoms with E-state index in [-0.39, 0.29) is 28.8 Å². The summed E-state index contributed by atoms with van der Waals surface area (Å²) < 4.78 is 0. The van der Waals surface area contributed by atoms with Gasteiger partial charge in [-0.1, -0.05) is 37.8 Å². The third-order valence-electron chi connectivity index (χ3n) is 7.10. The Hall–Kier alpha value is -1.97. The highest BCUT2D eigenvalue weighted by Crippen LogP contribution is 2.43. The summed E-state index contributed by atoms with van der Waals surface area (Å²) in [4.78, 5) is 37.6. The van der Waals surface area contributed by atoms with Crippen LogP contribution in [0, 0.1) is 23.7 Å². The molecule has 27 heavy (non-hydrogen) atoms. The molecular weight excluding hydrogens is 340 g/mol. The number of phenolic OH excluding ortho intramolecular Hbond substituents is 1. The topological polar surface area (TPSA) is 71.4 Å². The highest BCUT2D eigenvalue weighted by atomic mass is 16.3. The lowest BCUT2D eigenvalue weighted by Crippen LogP contribution is -2.31. The molecule has 0 aliphatic heterocycles. The Kier molecular flexibility index (Phi) is 5.16. The maximum absolute atomic E-state index is 12.7. The number of aromatic hydroxyl groups is 1. The zero-order valence-corrected chi connectivity index (χ0v) is 15.8. The van der Waals surface area contributed by atoms with Crippen molar-refractivity contribution in [2.45, 2.75) is 64.2 Å². The minimum atomic E-state index is -0.727. The van der Waals surface area contributed by atoms with Crippen molar-refractivity contribution in [1.29, 1.82) is 0 Å². The van der Waals surface area contributed by atoms with E-state index in [2.05, 4.69) is 0 Å². The van der Waals surface area contributed by atoms with Crippen LogP contribution in [0.2, 0.25) is 0 Å². The van der Waals surface area contributed by atoms with Crippen LogP contribution in [0.15, 0.2) is 18.2 Å². The first-order chi connectivity index (χ1) is 13.1. The number of benzene rings is 1. The summed E-state index contributed by atoms with van der Waals surface area (Å²) in [5, 5.41) is 9.89. The number of phenols is 1. The van der Waals surface area contributed by atoms with Gasteiger partial charge in [-0.2, -0.15) is 0 Å². The number of hydrogen-bond donors (Lipinski definition) is 1. The van der Waals surface area contributed by atoms with Gasteiger partial charge in [-0.05, 0) is 50.0 Å². The van der Waals surface area contributed by atoms with Crippen molar-refractivity contribution >= 4 is 17.3 Å². The molecule has 4 nitrogen and oxygen atoms in total. The molecule has 1 aromatic carbocycles. The van der Waals surface area contributed by atoms with E-state index in [0.29, 0.717) is 30.6 Å². The average Bonchev–Trinajstić information content (AvgIpc) is 2.93. The summed E-state index contributed by atoms with van der Waals surface area (Å²) in [6.45, 7) is 0. The molecule has 4 atom stereocenters. The summed E-state index contributed by atoms with van der Waals surface area (Å²) in [6, 6.07) is 4.63. The van der Waals surface area contributed by atoms with Crippen molar-refractivity contribution in [3.63, 3.8) is 0 Å². The number of carbonyl (C=O) groups is 3. The van der Waals surface area contributed by atoms with E-state index in [1.54, 1.807) is 12.1 Å². The molecule has 4 heteroatoms. The molecular formula is C23H28O4. The van der Waals surface area contributed by atoms with Crippen LogP contribution in [0.25, 0.3) is 0 Å². The lowest BCUT2D eigenvalue weighted by Gasteiger charge is -2.38. The van der Waals surface area contributed by atoms with Crippen molar-refractivity contribution < 1.29 is 19.5 Å². The smallest absolute Gasteiger partial charge is 0.178 e. The monoisotopic (exact) mass is 368 g/mol. The number of ketones is 3. The highest BCUT2D eigenvalue weighted by Gasteiger charge is 2.40. The molecule has 144 valence electrons. The molecule has 2 fully saturated rings. The Morgan fingerprint density at radius 1 is 1.00 bits per heavy atom. The van der Waals surface area contributed by atoms with Crippen LogP contribution < -0.4 is 0 Å². The molecule has 4 unspecified atom stereocenters. The van der Waals surface area contributed by atoms with Gasteiger partial charge in [-0.25, -0.2) is 0 Å². The third kappa shape index (κ3) is 3.46. The van der Waals surface area contributed by atoms with Crippen molar-refractivity contribution in [1.82, 2.24) is 0 Å². The van der Waals surface area contributed by atoms with Crippen LogP contribution in [0.1, 0.15) is 84.9 Å². The van der Waals surface area contributed by atoms with Gasteiger partial charge in [-0.15, -0.1) is 0 Å². The van der Waals surface area contributed by atoms with Gasteiger partial charge in [0, 0.05) is 17.9 Å². The molecule has 0 amide bonds. The first kappa shape index (κ1) is 18.4. The quantitative estimate of drug-likeness (QED) is 0.763. The van der Waals surface area contributed by atoms with Gasteiger partial charge >= 0.3 is 0 Å². The maximum atomic E-state index is 12.7. The molecule has 0 heterocycles. The van der Waals surface area contributed by atoms with Gasteiger partial charge in [0.15, 0.2) is 11.6 Å². The summed E-state index contributed by atoms with van der Waals surface area (Å²) in [7, 11) is 0. The van der Waals surface area contributed by atoms with Crippen LogP contribution in [0.3, 0.4) is 0 Å². The van der Waals surface area contributed by atoms with E-state index >= 15 is 0 Å². The molecule has 0 radical (unpaired) electrons. The van der Waals surface area contributed by atoms with Gasteiger partial charge < -0.3 is 5.11 Å². The fraction of sp³-hybridized carbons (Fsp3) is 0.609. The normalized spacial score (nSPS) is 30.1. The maximum Gasteiger partial charge on any atom is 0.178 e. The first-order valence-corrected chi connectivity index (χ1v) is 10.5. The molecule has 2 saturated carbocycles. The van der Waals surface area contributed by atoms with E-state index in [1.807, 2.05) is 0 Å². The molecule has 1 aromatic rings. The molecule has 3 aliphatic rings. The van der Waals surface area contributed by atoms with Crippen LogP contribution in [-0.2, 0) is 4.79 Å². The van der Waals surface area contributed by atoms with Crippen LogP contribution in [-0.4, -0.2) is 22.5 Å². The number of hydrogen-bond acceptors (Lipinski definition) is 4. The second-order valence-electron chi connectivity index (χ2n) is 8.65. The summed E-state index contributed by atoms with van der Waals surface area (Å²) in [5.41, 5.74) is 0.487. The largest absolute Gasteiger partial charge is 0.507 e. The van der Waals surface area contributed by atoms with Crippen LogP contribution in [0.4, 0.5) is 0 Å². The second kappa shape index (κ2) is 7.57. The Balaban J connectivity index is 1.30. The van der Waals surface area contributed by atoms with E-state index < -0.39 is 5.92 Å². The predicted molar refractivity (Wildman–Crippen MR) is 102 cm³/mol. The standard InChI is InChI=1S/C23H28O4/c24-19(16-12-11-14-5-1-2-6-15(14)13-16)9-4-8-18-22(26)17-7-3-10-20(25)21(17)23(18)27/h3,7,10,14-16,18,25H,1-2,4-6,8-9,11-13H2. The predicted octanol–water partition coefficient (Wildman–Crippen LogP) is 4.73. The van der Waals surface area contributed by atoms with E-state index in [0.717, 1.165) is 24.7 Å². The molecule has 0 aromatic heterocycles. The number of rotatable bonds is 5.